The summed E-state index contributed by atoms with van der Waals surface area (Å²) in [6.45, 7) is 4.67. The molecule has 2 rings (SSSR count). The average Bonchev–Trinajstić information content (AvgIpc) is 2.61. The Hall–Kier alpha value is -2.20. The van der Waals surface area contributed by atoms with Gasteiger partial charge in [0.1, 0.15) is 5.82 Å². The van der Waals surface area contributed by atoms with Crippen LogP contribution in [0.3, 0.4) is 0 Å². The fraction of sp³-hybridized carbons (Fsp3) is 0.500. The fourth-order valence-electron chi connectivity index (χ4n) is 2.56. The van der Waals surface area contributed by atoms with Crippen LogP contribution in [0.1, 0.15) is 13.8 Å². The van der Waals surface area contributed by atoms with Crippen LogP contribution in [0.2, 0.25) is 0 Å². The molecule has 0 spiro atoms. The number of nitrogens with one attached hydrogen (secondary N) is 1. The monoisotopic (exact) mass is 387 g/mol. The molecule has 1 saturated heterocycles. The summed E-state index contributed by atoms with van der Waals surface area (Å²) in [7, 11) is -3.94. The van der Waals surface area contributed by atoms with E-state index >= 15 is 0 Å². The number of hydrogen-bond donors (Lipinski definition) is 1. The Morgan fingerprint density at radius 1 is 1.15 bits per heavy atom. The topological polar surface area (TPSA) is 96.0 Å². The number of halogens is 1. The lowest BCUT2D eigenvalue weighted by Crippen LogP contribution is -2.55. The molecule has 1 aromatic carbocycles. The van der Waals surface area contributed by atoms with Crippen molar-refractivity contribution in [3.8, 4) is 0 Å². The van der Waals surface area contributed by atoms with Crippen LogP contribution in [-0.2, 0) is 19.6 Å². The van der Waals surface area contributed by atoms with Gasteiger partial charge >= 0.3 is 6.09 Å². The fourth-order valence-corrected chi connectivity index (χ4v) is 3.76. The van der Waals surface area contributed by atoms with E-state index in [-0.39, 0.29) is 17.4 Å². The second-order valence-corrected chi connectivity index (χ2v) is 7.52. The van der Waals surface area contributed by atoms with Gasteiger partial charge in [-0.1, -0.05) is 0 Å². The molecule has 10 heteroatoms. The van der Waals surface area contributed by atoms with Crippen LogP contribution in [0.4, 0.5) is 9.18 Å². The van der Waals surface area contributed by atoms with Crippen molar-refractivity contribution in [2.45, 2.75) is 24.8 Å². The molecule has 1 unspecified atom stereocenters. The number of rotatable bonds is 5. The predicted molar refractivity (Wildman–Crippen MR) is 91.4 cm³/mol. The van der Waals surface area contributed by atoms with E-state index in [2.05, 4.69) is 4.72 Å². The Balaban J connectivity index is 1.93. The summed E-state index contributed by atoms with van der Waals surface area (Å²) in [5.41, 5.74) is 0. The average molecular weight is 387 g/mol. The molecule has 0 aliphatic carbocycles. The van der Waals surface area contributed by atoms with Crippen LogP contribution in [0.25, 0.3) is 0 Å². The van der Waals surface area contributed by atoms with Gasteiger partial charge in [-0.2, -0.15) is 4.72 Å². The van der Waals surface area contributed by atoms with Crippen molar-refractivity contribution in [3.63, 3.8) is 0 Å². The zero-order valence-electron chi connectivity index (χ0n) is 14.6. The number of nitrogens with zero attached hydrogens (tertiary/aromatic N) is 2. The Labute approximate surface area is 152 Å². The number of amides is 2. The molecule has 0 saturated carbocycles. The Morgan fingerprint density at radius 2 is 1.69 bits per heavy atom. The molecule has 2 amide bonds. The lowest BCUT2D eigenvalue weighted by molar-refractivity contribution is -0.134. The first kappa shape index (κ1) is 20.1. The quantitative estimate of drug-likeness (QED) is 0.806. The van der Waals surface area contributed by atoms with E-state index in [1.54, 1.807) is 6.92 Å². The van der Waals surface area contributed by atoms with Crippen molar-refractivity contribution in [1.82, 2.24) is 14.5 Å². The molecule has 1 atom stereocenters. The van der Waals surface area contributed by atoms with Crippen LogP contribution >= 0.6 is 0 Å². The minimum atomic E-state index is -3.94. The SMILES string of the molecule is CCOC(=O)N1CCN(C(=O)C(C)NS(=O)(=O)c2ccc(F)cc2)CC1. The number of benzene rings is 1. The highest BCUT2D eigenvalue weighted by Crippen LogP contribution is 2.12. The highest BCUT2D eigenvalue weighted by Gasteiger charge is 2.29. The van der Waals surface area contributed by atoms with Crippen LogP contribution in [0.15, 0.2) is 29.2 Å². The van der Waals surface area contributed by atoms with Crippen molar-refractivity contribution >= 4 is 22.0 Å². The van der Waals surface area contributed by atoms with Gasteiger partial charge in [0.15, 0.2) is 0 Å². The molecule has 1 fully saturated rings. The van der Waals surface area contributed by atoms with Crippen molar-refractivity contribution in [2.75, 3.05) is 32.8 Å². The summed E-state index contributed by atoms with van der Waals surface area (Å²) < 4.78 is 44.7. The van der Waals surface area contributed by atoms with Crippen LogP contribution in [0, 0.1) is 5.82 Å². The normalized spacial score (nSPS) is 16.3. The van der Waals surface area contributed by atoms with Gasteiger partial charge in [0, 0.05) is 26.2 Å². The Kier molecular flexibility index (Phi) is 6.54. The first-order valence-electron chi connectivity index (χ1n) is 8.23. The number of carbonyl (C=O) groups excluding carboxylic acids is 2. The maximum Gasteiger partial charge on any atom is 0.409 e. The van der Waals surface area contributed by atoms with Crippen LogP contribution < -0.4 is 4.72 Å². The molecule has 26 heavy (non-hydrogen) atoms. The standard InChI is InChI=1S/C16H22FN3O5S/c1-3-25-16(22)20-10-8-19(9-11-20)15(21)12(2)18-26(23,24)14-6-4-13(17)5-7-14/h4-7,12,18H,3,8-11H2,1-2H3. The predicted octanol–water partition coefficient (Wildman–Crippen LogP) is 0.793. The van der Waals surface area contributed by atoms with E-state index < -0.39 is 28.0 Å². The van der Waals surface area contributed by atoms with Gasteiger partial charge in [-0.05, 0) is 38.1 Å². The summed E-state index contributed by atoms with van der Waals surface area (Å²) >= 11 is 0. The van der Waals surface area contributed by atoms with Gasteiger partial charge < -0.3 is 14.5 Å². The number of piperazine rings is 1. The summed E-state index contributed by atoms with van der Waals surface area (Å²) in [6.07, 6.45) is -0.426. The number of carbonyl (C=O) groups is 2. The summed E-state index contributed by atoms with van der Waals surface area (Å²) in [5.74, 6) is -0.938. The summed E-state index contributed by atoms with van der Waals surface area (Å²) in [4.78, 5) is 27.0. The zero-order valence-corrected chi connectivity index (χ0v) is 15.5. The molecule has 1 aliphatic heterocycles. The van der Waals surface area contributed by atoms with Gasteiger partial charge in [0.2, 0.25) is 15.9 Å². The van der Waals surface area contributed by atoms with E-state index in [0.717, 1.165) is 24.3 Å². The third-order valence-corrected chi connectivity index (χ3v) is 5.50. The molecule has 1 N–H and O–H groups in total. The van der Waals surface area contributed by atoms with Gasteiger partial charge in [-0.25, -0.2) is 17.6 Å². The number of ether oxygens (including phenoxy) is 1. The van der Waals surface area contributed by atoms with Crippen LogP contribution in [-0.4, -0.2) is 69.0 Å². The van der Waals surface area contributed by atoms with Gasteiger partial charge in [0.05, 0.1) is 17.5 Å². The molecule has 1 heterocycles. The summed E-state index contributed by atoms with van der Waals surface area (Å²) in [5, 5.41) is 0. The van der Waals surface area contributed by atoms with Crippen molar-refractivity contribution in [1.29, 1.82) is 0 Å². The highest BCUT2D eigenvalue weighted by molar-refractivity contribution is 7.89. The Morgan fingerprint density at radius 3 is 2.23 bits per heavy atom. The van der Waals surface area contributed by atoms with E-state index in [9.17, 15) is 22.4 Å². The van der Waals surface area contributed by atoms with Crippen molar-refractivity contribution in [3.05, 3.63) is 30.1 Å². The smallest absolute Gasteiger partial charge is 0.409 e. The first-order chi connectivity index (χ1) is 12.2. The van der Waals surface area contributed by atoms with E-state index in [1.165, 1.54) is 16.7 Å². The molecule has 144 valence electrons. The van der Waals surface area contributed by atoms with E-state index in [4.69, 9.17) is 4.74 Å². The number of sulfonamides is 1. The highest BCUT2D eigenvalue weighted by atomic mass is 32.2. The number of hydrogen-bond acceptors (Lipinski definition) is 5. The third kappa shape index (κ3) is 4.92. The van der Waals surface area contributed by atoms with Crippen LogP contribution in [0.5, 0.6) is 0 Å². The van der Waals surface area contributed by atoms with Crippen molar-refractivity contribution < 1.29 is 27.1 Å². The lowest BCUT2D eigenvalue weighted by Gasteiger charge is -2.35. The zero-order chi connectivity index (χ0) is 19.3. The molecular weight excluding hydrogens is 365 g/mol. The molecule has 0 bridgehead atoms. The largest absolute Gasteiger partial charge is 0.450 e. The van der Waals surface area contributed by atoms with Gasteiger partial charge in [-0.3, -0.25) is 4.79 Å². The van der Waals surface area contributed by atoms with Gasteiger partial charge in [-0.15, -0.1) is 0 Å². The minimum Gasteiger partial charge on any atom is -0.450 e. The van der Waals surface area contributed by atoms with Gasteiger partial charge in [0.25, 0.3) is 0 Å². The van der Waals surface area contributed by atoms with Crippen molar-refractivity contribution in [2.24, 2.45) is 0 Å². The lowest BCUT2D eigenvalue weighted by atomic mass is 10.2. The second-order valence-electron chi connectivity index (χ2n) is 5.81. The molecule has 1 aromatic rings. The molecular formula is C16H22FN3O5S. The third-order valence-electron chi connectivity index (χ3n) is 3.94. The molecule has 8 nitrogen and oxygen atoms in total. The molecule has 0 radical (unpaired) electrons. The molecule has 1 aliphatic rings. The second kappa shape index (κ2) is 8.45. The Bertz CT molecular complexity index is 746. The maximum atomic E-state index is 12.9. The molecule has 0 aromatic heterocycles. The van der Waals surface area contributed by atoms with E-state index in [0.29, 0.717) is 26.2 Å². The minimum absolute atomic E-state index is 0.120. The maximum absolute atomic E-state index is 12.9. The summed E-state index contributed by atoms with van der Waals surface area (Å²) in [6, 6.07) is 3.35. The first-order valence-corrected chi connectivity index (χ1v) is 9.71. The van der Waals surface area contributed by atoms with E-state index in [1.807, 2.05) is 0 Å².